The summed E-state index contributed by atoms with van der Waals surface area (Å²) < 4.78 is 5.66. The molecule has 1 unspecified atom stereocenters. The fraction of sp³-hybridized carbons (Fsp3) is 0.769. The van der Waals surface area contributed by atoms with Gasteiger partial charge in [0, 0.05) is 5.57 Å². The highest BCUT2D eigenvalue weighted by molar-refractivity contribution is 5.94. The van der Waals surface area contributed by atoms with Crippen molar-refractivity contribution in [2.45, 2.75) is 52.5 Å². The molecule has 0 bridgehead atoms. The van der Waals surface area contributed by atoms with Crippen molar-refractivity contribution in [2.75, 3.05) is 6.61 Å². The highest BCUT2D eigenvalue weighted by atomic mass is 16.5. The zero-order chi connectivity index (χ0) is 13.4. The zero-order valence-corrected chi connectivity index (χ0v) is 11.4. The molecule has 0 saturated carbocycles. The van der Waals surface area contributed by atoms with Crippen LogP contribution in [0.1, 0.15) is 34.6 Å². The average molecular weight is 241 g/mol. The molecule has 0 aliphatic carbocycles. The van der Waals surface area contributed by atoms with Crippen LogP contribution in [0.3, 0.4) is 0 Å². The van der Waals surface area contributed by atoms with Crippen molar-refractivity contribution in [1.82, 2.24) is 4.90 Å². The van der Waals surface area contributed by atoms with Crippen LogP contribution in [0, 0.1) is 5.92 Å². The number of aliphatic hydroxyl groups excluding tert-OH is 1. The molecule has 4 nitrogen and oxygen atoms in total. The summed E-state index contributed by atoms with van der Waals surface area (Å²) in [7, 11) is 0. The third-order valence-electron chi connectivity index (χ3n) is 3.29. The Hall–Kier alpha value is -0.870. The second-order valence-electron chi connectivity index (χ2n) is 5.45. The molecule has 0 aromatic heterocycles. The van der Waals surface area contributed by atoms with Crippen LogP contribution in [0.2, 0.25) is 0 Å². The summed E-state index contributed by atoms with van der Waals surface area (Å²) in [6.07, 6.45) is -0.827. The summed E-state index contributed by atoms with van der Waals surface area (Å²) in [6.45, 7) is 13.6. The number of carbonyl (C=O) groups is 1. The Labute approximate surface area is 103 Å². The van der Waals surface area contributed by atoms with Gasteiger partial charge in [-0.15, -0.1) is 0 Å². The second-order valence-corrected chi connectivity index (χ2v) is 5.45. The first-order chi connectivity index (χ1) is 7.68. The van der Waals surface area contributed by atoms with Gasteiger partial charge in [0.2, 0.25) is 0 Å². The van der Waals surface area contributed by atoms with Gasteiger partial charge in [0.15, 0.2) is 0 Å². The molecule has 1 amide bonds. The molecule has 2 atom stereocenters. The Balaban J connectivity index is 2.98. The molecule has 0 aromatic rings. The Morgan fingerprint density at radius 2 is 2.00 bits per heavy atom. The molecule has 0 radical (unpaired) electrons. The van der Waals surface area contributed by atoms with E-state index in [0.29, 0.717) is 12.5 Å². The van der Waals surface area contributed by atoms with E-state index in [1.807, 2.05) is 13.8 Å². The Kier molecular flexibility index (Phi) is 3.99. The van der Waals surface area contributed by atoms with Crippen LogP contribution in [0.25, 0.3) is 0 Å². The molecule has 1 fully saturated rings. The molecule has 0 aromatic carbocycles. The number of amides is 1. The van der Waals surface area contributed by atoms with Gasteiger partial charge in [0.25, 0.3) is 5.91 Å². The molecule has 1 N–H and O–H groups in total. The van der Waals surface area contributed by atoms with Gasteiger partial charge >= 0.3 is 0 Å². The maximum Gasteiger partial charge on any atom is 0.254 e. The third-order valence-corrected chi connectivity index (χ3v) is 3.29. The van der Waals surface area contributed by atoms with E-state index < -0.39 is 11.8 Å². The van der Waals surface area contributed by atoms with Crippen LogP contribution in [0.4, 0.5) is 0 Å². The van der Waals surface area contributed by atoms with Gasteiger partial charge in [-0.05, 0) is 26.7 Å². The van der Waals surface area contributed by atoms with E-state index in [0.717, 1.165) is 0 Å². The molecule has 0 spiro atoms. The number of nitrogens with zero attached hydrogens (tertiary/aromatic N) is 1. The van der Waals surface area contributed by atoms with E-state index in [9.17, 15) is 9.90 Å². The predicted molar refractivity (Wildman–Crippen MR) is 66.3 cm³/mol. The van der Waals surface area contributed by atoms with Crippen molar-refractivity contribution in [3.05, 3.63) is 12.2 Å². The molecule has 1 aliphatic heterocycles. The summed E-state index contributed by atoms with van der Waals surface area (Å²) in [5.74, 6) is 0.0868. The minimum Gasteiger partial charge on any atom is -0.389 e. The topological polar surface area (TPSA) is 49.8 Å². The summed E-state index contributed by atoms with van der Waals surface area (Å²) in [5.41, 5.74) is -0.418. The van der Waals surface area contributed by atoms with Crippen molar-refractivity contribution in [3.8, 4) is 0 Å². The number of ether oxygens (including phenoxy) is 1. The summed E-state index contributed by atoms with van der Waals surface area (Å²) >= 11 is 0. The lowest BCUT2D eigenvalue weighted by Crippen LogP contribution is -2.50. The minimum atomic E-state index is -0.827. The van der Waals surface area contributed by atoms with Crippen molar-refractivity contribution in [2.24, 2.45) is 5.92 Å². The van der Waals surface area contributed by atoms with Crippen LogP contribution in [0.15, 0.2) is 12.2 Å². The van der Waals surface area contributed by atoms with Crippen LogP contribution < -0.4 is 0 Å². The molecule has 17 heavy (non-hydrogen) atoms. The van der Waals surface area contributed by atoms with E-state index in [1.54, 1.807) is 11.8 Å². The maximum atomic E-state index is 12.3. The highest BCUT2D eigenvalue weighted by Gasteiger charge is 2.45. The molecular weight excluding hydrogens is 218 g/mol. The molecule has 4 heteroatoms. The normalized spacial score (nSPS) is 25.1. The van der Waals surface area contributed by atoms with Gasteiger partial charge in [0.05, 0.1) is 18.8 Å². The lowest BCUT2D eigenvalue weighted by Gasteiger charge is -2.36. The van der Waals surface area contributed by atoms with Crippen molar-refractivity contribution < 1.29 is 14.6 Å². The van der Waals surface area contributed by atoms with Crippen LogP contribution in [-0.2, 0) is 9.53 Å². The highest BCUT2D eigenvalue weighted by Crippen LogP contribution is 2.32. The second kappa shape index (κ2) is 4.78. The summed E-state index contributed by atoms with van der Waals surface area (Å²) in [4.78, 5) is 14.0. The van der Waals surface area contributed by atoms with Crippen molar-refractivity contribution in [3.63, 3.8) is 0 Å². The quantitative estimate of drug-likeness (QED) is 0.763. The Morgan fingerprint density at radius 1 is 1.47 bits per heavy atom. The predicted octanol–water partition coefficient (Wildman–Crippen LogP) is 1.54. The van der Waals surface area contributed by atoms with E-state index in [-0.39, 0.29) is 17.5 Å². The average Bonchev–Trinajstić information content (AvgIpc) is 2.51. The summed E-state index contributed by atoms with van der Waals surface area (Å²) in [5, 5.41) is 9.46. The van der Waals surface area contributed by atoms with Gasteiger partial charge in [-0.25, -0.2) is 0 Å². The first-order valence-corrected chi connectivity index (χ1v) is 6.03. The van der Waals surface area contributed by atoms with Crippen molar-refractivity contribution in [1.29, 1.82) is 0 Å². The lowest BCUT2D eigenvalue weighted by molar-refractivity contribution is -0.143. The van der Waals surface area contributed by atoms with E-state index in [1.165, 1.54) is 0 Å². The van der Waals surface area contributed by atoms with Gasteiger partial charge in [-0.2, -0.15) is 0 Å². The fourth-order valence-electron chi connectivity index (χ4n) is 2.05. The minimum absolute atomic E-state index is 0.0352. The largest absolute Gasteiger partial charge is 0.389 e. The first kappa shape index (κ1) is 14.2. The smallest absolute Gasteiger partial charge is 0.254 e. The summed E-state index contributed by atoms with van der Waals surface area (Å²) in [6, 6.07) is 0.0352. The standard InChI is InChI=1S/C13H23NO3/c1-8(2)11-7-17-13(5,6)14(11)12(16)9(3)10(4)15/h8,10-11,15H,3,7H2,1-2,4-6H3/t10?,11-/m1/s1. The fourth-order valence-corrected chi connectivity index (χ4v) is 2.05. The monoisotopic (exact) mass is 241 g/mol. The maximum absolute atomic E-state index is 12.3. The van der Waals surface area contributed by atoms with E-state index in [2.05, 4.69) is 20.4 Å². The number of hydrogen-bond donors (Lipinski definition) is 1. The molecule has 1 heterocycles. The lowest BCUT2D eigenvalue weighted by atomic mass is 10.0. The van der Waals surface area contributed by atoms with Crippen LogP contribution >= 0.6 is 0 Å². The van der Waals surface area contributed by atoms with Gasteiger partial charge < -0.3 is 14.7 Å². The number of hydrogen-bond acceptors (Lipinski definition) is 3. The molecule has 1 aliphatic rings. The SMILES string of the molecule is C=C(C(=O)N1[C@@H](C(C)C)COC1(C)C)C(C)O. The first-order valence-electron chi connectivity index (χ1n) is 6.03. The van der Waals surface area contributed by atoms with E-state index in [4.69, 9.17) is 4.74 Å². The Morgan fingerprint density at radius 3 is 2.41 bits per heavy atom. The molecule has 98 valence electrons. The zero-order valence-electron chi connectivity index (χ0n) is 11.4. The van der Waals surface area contributed by atoms with Crippen molar-refractivity contribution >= 4 is 5.91 Å². The van der Waals surface area contributed by atoms with Crippen LogP contribution in [-0.4, -0.2) is 40.4 Å². The number of aliphatic hydroxyl groups is 1. The number of carbonyl (C=O) groups excluding carboxylic acids is 1. The van der Waals surface area contributed by atoms with Crippen LogP contribution in [0.5, 0.6) is 0 Å². The van der Waals surface area contributed by atoms with E-state index >= 15 is 0 Å². The molecule has 1 rings (SSSR count). The van der Waals surface area contributed by atoms with Gasteiger partial charge in [0.1, 0.15) is 5.72 Å². The van der Waals surface area contributed by atoms with Gasteiger partial charge in [-0.3, -0.25) is 4.79 Å². The van der Waals surface area contributed by atoms with Gasteiger partial charge in [-0.1, -0.05) is 20.4 Å². The number of rotatable bonds is 3. The third kappa shape index (κ3) is 2.69. The molecule has 1 saturated heterocycles. The molecular formula is C13H23NO3. The Bertz CT molecular complexity index is 321.